The molecule has 0 saturated carbocycles. The molecule has 0 N–H and O–H groups in total. The second-order valence-corrected chi connectivity index (χ2v) is 3.19. The summed E-state index contributed by atoms with van der Waals surface area (Å²) in [4.78, 5) is 10.3. The lowest BCUT2D eigenvalue weighted by Gasteiger charge is -2.13. The van der Waals surface area contributed by atoms with Gasteiger partial charge in [-0.15, -0.1) is 0 Å². The van der Waals surface area contributed by atoms with Gasteiger partial charge in [0, 0.05) is 12.0 Å². The average Bonchev–Trinajstić information content (AvgIpc) is 2.18. The molecule has 1 aromatic carbocycles. The molecule has 14 heavy (non-hydrogen) atoms. The van der Waals surface area contributed by atoms with Crippen LogP contribution in [0.3, 0.4) is 0 Å². The molecule has 0 spiro atoms. The lowest BCUT2D eigenvalue weighted by atomic mass is 9.97. The summed E-state index contributed by atoms with van der Waals surface area (Å²) in [5, 5.41) is 0. The van der Waals surface area contributed by atoms with E-state index in [0.717, 1.165) is 11.8 Å². The third kappa shape index (κ3) is 2.31. The van der Waals surface area contributed by atoms with Crippen molar-refractivity contribution in [3.8, 4) is 5.75 Å². The zero-order valence-electron chi connectivity index (χ0n) is 8.29. The van der Waals surface area contributed by atoms with Crippen LogP contribution in [0.2, 0.25) is 0 Å². The van der Waals surface area contributed by atoms with E-state index in [-0.39, 0.29) is 11.7 Å². The Morgan fingerprint density at radius 2 is 2.29 bits per heavy atom. The second kappa shape index (κ2) is 4.74. The summed E-state index contributed by atoms with van der Waals surface area (Å²) >= 11 is 0. The molecule has 0 bridgehead atoms. The zero-order chi connectivity index (χ0) is 10.6. The van der Waals surface area contributed by atoms with E-state index in [1.807, 2.05) is 6.92 Å². The molecule has 0 aliphatic carbocycles. The van der Waals surface area contributed by atoms with Crippen LogP contribution in [-0.2, 0) is 4.79 Å². The summed E-state index contributed by atoms with van der Waals surface area (Å²) in [5.41, 5.74) is 0.736. The van der Waals surface area contributed by atoms with Gasteiger partial charge in [0.1, 0.15) is 17.9 Å². The van der Waals surface area contributed by atoms with Gasteiger partial charge in [0.25, 0.3) is 0 Å². The highest BCUT2D eigenvalue weighted by atomic mass is 19.1. The number of carbonyl (C=O) groups excluding carboxylic acids is 1. The molecule has 0 saturated heterocycles. The summed E-state index contributed by atoms with van der Waals surface area (Å²) in [6.07, 6.45) is 1.20. The van der Waals surface area contributed by atoms with Crippen LogP contribution in [0, 0.1) is 5.82 Å². The van der Waals surface area contributed by atoms with E-state index < -0.39 is 0 Å². The largest absolute Gasteiger partial charge is 0.496 e. The lowest BCUT2D eigenvalue weighted by Crippen LogP contribution is -1.99. The Kier molecular flexibility index (Phi) is 3.63. The Balaban J connectivity index is 3.02. The van der Waals surface area contributed by atoms with Crippen LogP contribution in [0.4, 0.5) is 4.39 Å². The highest BCUT2D eigenvalue weighted by Gasteiger charge is 2.11. The third-order valence-corrected chi connectivity index (χ3v) is 2.17. The summed E-state index contributed by atoms with van der Waals surface area (Å²) in [6.45, 7) is 1.87. The van der Waals surface area contributed by atoms with Gasteiger partial charge >= 0.3 is 0 Å². The Morgan fingerprint density at radius 3 is 2.86 bits per heavy atom. The first-order valence-electron chi connectivity index (χ1n) is 4.46. The maximum absolute atomic E-state index is 12.9. The number of hydrogen-bond donors (Lipinski definition) is 0. The number of rotatable bonds is 4. The number of hydrogen-bond acceptors (Lipinski definition) is 2. The van der Waals surface area contributed by atoms with Crippen LogP contribution in [0.25, 0.3) is 0 Å². The van der Waals surface area contributed by atoms with Crippen molar-refractivity contribution < 1.29 is 13.9 Å². The van der Waals surface area contributed by atoms with E-state index in [2.05, 4.69) is 0 Å². The van der Waals surface area contributed by atoms with Crippen molar-refractivity contribution in [1.82, 2.24) is 0 Å². The quantitative estimate of drug-likeness (QED) is 0.692. The van der Waals surface area contributed by atoms with Crippen molar-refractivity contribution in [2.75, 3.05) is 7.11 Å². The fourth-order valence-electron chi connectivity index (χ4n) is 1.36. The maximum atomic E-state index is 12.9. The van der Waals surface area contributed by atoms with Crippen molar-refractivity contribution in [2.45, 2.75) is 19.3 Å². The fourth-order valence-corrected chi connectivity index (χ4v) is 1.36. The van der Waals surface area contributed by atoms with Crippen molar-refractivity contribution in [3.63, 3.8) is 0 Å². The molecule has 2 nitrogen and oxygen atoms in total. The summed E-state index contributed by atoms with van der Waals surface area (Å²) < 4.78 is 18.0. The van der Waals surface area contributed by atoms with Crippen LogP contribution in [0.5, 0.6) is 5.75 Å². The number of carbonyl (C=O) groups is 1. The maximum Gasteiger partial charge on any atom is 0.123 e. The molecule has 3 heteroatoms. The molecule has 1 aromatic rings. The van der Waals surface area contributed by atoms with Gasteiger partial charge in [0.05, 0.1) is 7.11 Å². The van der Waals surface area contributed by atoms with Crippen LogP contribution in [-0.4, -0.2) is 13.4 Å². The van der Waals surface area contributed by atoms with E-state index in [1.165, 1.54) is 19.2 Å². The van der Waals surface area contributed by atoms with E-state index >= 15 is 0 Å². The van der Waals surface area contributed by atoms with Gasteiger partial charge in [-0.3, -0.25) is 0 Å². The van der Waals surface area contributed by atoms with Gasteiger partial charge in [-0.25, -0.2) is 4.39 Å². The summed E-state index contributed by atoms with van der Waals surface area (Å²) in [5.74, 6) is 0.303. The van der Waals surface area contributed by atoms with Gasteiger partial charge in [-0.2, -0.15) is 0 Å². The highest BCUT2D eigenvalue weighted by molar-refractivity contribution is 5.52. The highest BCUT2D eigenvalue weighted by Crippen LogP contribution is 2.28. The van der Waals surface area contributed by atoms with Gasteiger partial charge in [-0.05, 0) is 24.1 Å². The molecule has 1 unspecified atom stereocenters. The van der Waals surface area contributed by atoms with Crippen LogP contribution in [0.15, 0.2) is 18.2 Å². The molecule has 0 aliphatic heterocycles. The van der Waals surface area contributed by atoms with Crippen molar-refractivity contribution in [2.24, 2.45) is 0 Å². The Hall–Kier alpha value is -1.38. The molecular weight excluding hydrogens is 183 g/mol. The summed E-state index contributed by atoms with van der Waals surface area (Å²) in [7, 11) is 1.53. The monoisotopic (exact) mass is 196 g/mol. The smallest absolute Gasteiger partial charge is 0.123 e. The van der Waals surface area contributed by atoms with Crippen LogP contribution >= 0.6 is 0 Å². The SMILES string of the molecule is COc1ccc(F)cc1C(C)CC=O. The van der Waals surface area contributed by atoms with Crippen LogP contribution < -0.4 is 4.74 Å². The minimum atomic E-state index is -0.307. The Bertz CT molecular complexity index is 323. The topological polar surface area (TPSA) is 26.3 Å². The molecule has 76 valence electrons. The van der Waals surface area contributed by atoms with Gasteiger partial charge in [0.2, 0.25) is 0 Å². The predicted molar refractivity (Wildman–Crippen MR) is 52.0 cm³/mol. The molecule has 0 heterocycles. The molecule has 0 amide bonds. The van der Waals surface area contributed by atoms with E-state index in [1.54, 1.807) is 6.07 Å². The normalized spacial score (nSPS) is 12.2. The van der Waals surface area contributed by atoms with Crippen LogP contribution in [0.1, 0.15) is 24.8 Å². The molecule has 1 rings (SSSR count). The van der Waals surface area contributed by atoms with Gasteiger partial charge in [0.15, 0.2) is 0 Å². The van der Waals surface area contributed by atoms with E-state index in [0.29, 0.717) is 12.2 Å². The molecule has 1 atom stereocenters. The number of ether oxygens (including phenoxy) is 1. The number of halogens is 1. The Morgan fingerprint density at radius 1 is 1.57 bits per heavy atom. The second-order valence-electron chi connectivity index (χ2n) is 3.19. The van der Waals surface area contributed by atoms with Gasteiger partial charge < -0.3 is 9.53 Å². The van der Waals surface area contributed by atoms with Gasteiger partial charge in [-0.1, -0.05) is 6.92 Å². The van der Waals surface area contributed by atoms with E-state index in [4.69, 9.17) is 4.74 Å². The summed E-state index contributed by atoms with van der Waals surface area (Å²) in [6, 6.07) is 4.33. The Labute approximate surface area is 82.7 Å². The minimum Gasteiger partial charge on any atom is -0.496 e. The third-order valence-electron chi connectivity index (χ3n) is 2.17. The van der Waals surface area contributed by atoms with E-state index in [9.17, 15) is 9.18 Å². The first-order chi connectivity index (χ1) is 6.69. The molecule has 0 aromatic heterocycles. The first kappa shape index (κ1) is 10.7. The predicted octanol–water partition coefficient (Wildman–Crippen LogP) is 2.53. The number of methoxy groups -OCH3 is 1. The molecule has 0 radical (unpaired) electrons. The molecule has 0 fully saturated rings. The lowest BCUT2D eigenvalue weighted by molar-refractivity contribution is -0.108. The first-order valence-corrected chi connectivity index (χ1v) is 4.46. The zero-order valence-corrected chi connectivity index (χ0v) is 8.29. The number of benzene rings is 1. The molecular formula is C11H13FO2. The average molecular weight is 196 g/mol. The van der Waals surface area contributed by atoms with Crippen molar-refractivity contribution in [1.29, 1.82) is 0 Å². The minimum absolute atomic E-state index is 0.0156. The van der Waals surface area contributed by atoms with Crippen molar-refractivity contribution in [3.05, 3.63) is 29.6 Å². The standard InChI is InChI=1S/C11H13FO2/c1-8(5-6-13)10-7-9(12)3-4-11(10)14-2/h3-4,6-8H,5H2,1-2H3. The number of aldehydes is 1. The van der Waals surface area contributed by atoms with Crippen molar-refractivity contribution >= 4 is 6.29 Å². The fraction of sp³-hybridized carbons (Fsp3) is 0.364. The molecule has 0 aliphatic rings.